The molecule has 0 spiro atoms. The summed E-state index contributed by atoms with van der Waals surface area (Å²) in [6, 6.07) is 18.7. The zero-order valence-electron chi connectivity index (χ0n) is 16.5. The van der Waals surface area contributed by atoms with Gasteiger partial charge in [0.05, 0.1) is 28.3 Å². The van der Waals surface area contributed by atoms with E-state index in [1.807, 2.05) is 36.4 Å². The predicted molar refractivity (Wildman–Crippen MR) is 125 cm³/mol. The van der Waals surface area contributed by atoms with Gasteiger partial charge in [0.15, 0.2) is 5.75 Å². The minimum atomic E-state index is -0.446. The molecule has 0 atom stereocenters. The van der Waals surface area contributed by atoms with Gasteiger partial charge >= 0.3 is 6.03 Å². The Morgan fingerprint density at radius 2 is 1.71 bits per heavy atom. The Hall–Kier alpha value is -2.84. The molecule has 1 fully saturated rings. The third-order valence-corrected chi connectivity index (χ3v) is 5.97. The van der Waals surface area contributed by atoms with E-state index >= 15 is 0 Å². The van der Waals surface area contributed by atoms with Crippen molar-refractivity contribution in [2.75, 3.05) is 18.6 Å². The lowest BCUT2D eigenvalue weighted by molar-refractivity contribution is -0.115. The molecular formula is C23H18Br2N2O4. The van der Waals surface area contributed by atoms with Crippen molar-refractivity contribution in [1.82, 2.24) is 5.32 Å². The van der Waals surface area contributed by atoms with Crippen LogP contribution in [0.25, 0.3) is 0 Å². The van der Waals surface area contributed by atoms with Crippen LogP contribution in [0.15, 0.2) is 69.6 Å². The molecule has 1 aliphatic rings. The van der Waals surface area contributed by atoms with E-state index in [-0.39, 0.29) is 12.5 Å². The Kier molecular flexibility index (Phi) is 6.29. The first-order chi connectivity index (χ1) is 15.0. The Labute approximate surface area is 196 Å². The Bertz CT molecular complexity index is 1110. The molecule has 0 radical (unpaired) electrons. The number of imide groups is 1. The summed E-state index contributed by atoms with van der Waals surface area (Å²) in [6.45, 7) is -0.0115. The van der Waals surface area contributed by atoms with Gasteiger partial charge in [-0.2, -0.15) is 0 Å². The maximum atomic E-state index is 12.0. The lowest BCUT2D eigenvalue weighted by Crippen LogP contribution is -2.30. The van der Waals surface area contributed by atoms with Crippen molar-refractivity contribution in [1.29, 1.82) is 0 Å². The quantitative estimate of drug-likeness (QED) is 0.406. The number of nitrogens with one attached hydrogen (secondary N) is 1. The molecule has 31 heavy (non-hydrogen) atoms. The van der Waals surface area contributed by atoms with Crippen LogP contribution in [0.4, 0.5) is 10.5 Å². The fourth-order valence-corrected chi connectivity index (χ4v) is 4.67. The second-order valence-corrected chi connectivity index (χ2v) is 8.57. The molecule has 6 nitrogen and oxygen atoms in total. The molecule has 4 rings (SSSR count). The van der Waals surface area contributed by atoms with Gasteiger partial charge in [0, 0.05) is 12.0 Å². The van der Waals surface area contributed by atoms with Gasteiger partial charge in [0.25, 0.3) is 5.91 Å². The van der Waals surface area contributed by atoms with Crippen LogP contribution in [0.1, 0.15) is 11.1 Å². The van der Waals surface area contributed by atoms with Crippen molar-refractivity contribution < 1.29 is 19.1 Å². The highest BCUT2D eigenvalue weighted by molar-refractivity contribution is 9.11. The molecule has 1 N–H and O–H groups in total. The number of benzene rings is 3. The minimum Gasteiger partial charge on any atom is -0.496 e. The predicted octanol–water partition coefficient (Wildman–Crippen LogP) is 5.66. The molecule has 1 aliphatic heterocycles. The van der Waals surface area contributed by atoms with E-state index in [0.29, 0.717) is 32.6 Å². The minimum absolute atomic E-state index is 0.0115. The third kappa shape index (κ3) is 4.60. The van der Waals surface area contributed by atoms with Gasteiger partial charge in [0.1, 0.15) is 11.5 Å². The average molecular weight is 546 g/mol. The van der Waals surface area contributed by atoms with Crippen LogP contribution in [0.5, 0.6) is 17.2 Å². The van der Waals surface area contributed by atoms with Gasteiger partial charge in [-0.05, 0) is 67.8 Å². The first-order valence-electron chi connectivity index (χ1n) is 9.45. The van der Waals surface area contributed by atoms with E-state index in [2.05, 4.69) is 49.3 Å². The SMILES string of the molecule is COc1ccc(Oc2c(Br)cc(N3C(=O)CNC3=O)cc2Br)cc1Cc1ccccc1. The van der Waals surface area contributed by atoms with Gasteiger partial charge in [-0.3, -0.25) is 4.79 Å². The van der Waals surface area contributed by atoms with Gasteiger partial charge in [-0.15, -0.1) is 0 Å². The summed E-state index contributed by atoms with van der Waals surface area (Å²) in [7, 11) is 1.64. The molecule has 3 aromatic rings. The van der Waals surface area contributed by atoms with Crippen LogP contribution in [0.3, 0.4) is 0 Å². The molecule has 0 aliphatic carbocycles. The van der Waals surface area contributed by atoms with E-state index < -0.39 is 6.03 Å². The number of halogens is 2. The third-order valence-electron chi connectivity index (χ3n) is 4.79. The maximum absolute atomic E-state index is 12.0. The molecular weight excluding hydrogens is 528 g/mol. The summed E-state index contributed by atoms with van der Waals surface area (Å²) in [5.41, 5.74) is 2.61. The molecule has 3 amide bonds. The molecule has 8 heteroatoms. The molecule has 0 saturated carbocycles. The molecule has 3 aromatic carbocycles. The summed E-state index contributed by atoms with van der Waals surface area (Å²) >= 11 is 6.99. The summed E-state index contributed by atoms with van der Waals surface area (Å²) < 4.78 is 12.9. The molecule has 0 aromatic heterocycles. The fraction of sp³-hybridized carbons (Fsp3) is 0.130. The lowest BCUT2D eigenvalue weighted by atomic mass is 10.0. The fourth-order valence-electron chi connectivity index (χ4n) is 3.35. The number of rotatable bonds is 6. The van der Waals surface area contributed by atoms with Crippen molar-refractivity contribution >= 4 is 49.5 Å². The number of nitrogens with zero attached hydrogens (tertiary/aromatic N) is 1. The Morgan fingerprint density at radius 3 is 2.32 bits per heavy atom. The lowest BCUT2D eigenvalue weighted by Gasteiger charge is -2.17. The Morgan fingerprint density at radius 1 is 1.00 bits per heavy atom. The number of ether oxygens (including phenoxy) is 2. The first-order valence-corrected chi connectivity index (χ1v) is 11.0. The van der Waals surface area contributed by atoms with Crippen LogP contribution >= 0.6 is 31.9 Å². The number of carbonyl (C=O) groups is 2. The smallest absolute Gasteiger partial charge is 0.329 e. The molecule has 1 heterocycles. The van der Waals surface area contributed by atoms with E-state index in [4.69, 9.17) is 9.47 Å². The number of anilines is 1. The van der Waals surface area contributed by atoms with Crippen molar-refractivity contribution in [3.05, 3.63) is 80.7 Å². The van der Waals surface area contributed by atoms with E-state index in [0.717, 1.165) is 16.2 Å². The van der Waals surface area contributed by atoms with Crippen molar-refractivity contribution in [3.8, 4) is 17.2 Å². The summed E-state index contributed by atoms with van der Waals surface area (Å²) in [5, 5.41) is 2.51. The maximum Gasteiger partial charge on any atom is 0.329 e. The standard InChI is InChI=1S/C23H18Br2N2O4/c1-30-20-8-7-17(10-15(20)9-14-5-3-2-4-6-14)31-22-18(24)11-16(12-19(22)25)27-21(28)13-26-23(27)29/h2-8,10-12H,9,13H2,1H3,(H,26,29). The molecule has 0 unspecified atom stereocenters. The zero-order valence-corrected chi connectivity index (χ0v) is 19.7. The number of carbonyl (C=O) groups excluding carboxylic acids is 2. The van der Waals surface area contributed by atoms with Crippen LogP contribution in [0.2, 0.25) is 0 Å². The number of amides is 3. The molecule has 1 saturated heterocycles. The van der Waals surface area contributed by atoms with Crippen LogP contribution in [-0.2, 0) is 11.2 Å². The normalized spacial score (nSPS) is 13.3. The van der Waals surface area contributed by atoms with E-state index in [1.54, 1.807) is 19.2 Å². The summed E-state index contributed by atoms with van der Waals surface area (Å²) in [4.78, 5) is 25.1. The summed E-state index contributed by atoms with van der Waals surface area (Å²) in [6.07, 6.45) is 0.703. The highest BCUT2D eigenvalue weighted by Gasteiger charge is 2.31. The van der Waals surface area contributed by atoms with Gasteiger partial charge < -0.3 is 14.8 Å². The zero-order chi connectivity index (χ0) is 22.0. The second kappa shape index (κ2) is 9.11. The number of urea groups is 1. The Balaban J connectivity index is 1.62. The van der Waals surface area contributed by atoms with Gasteiger partial charge in [-0.25, -0.2) is 9.69 Å². The monoisotopic (exact) mass is 544 g/mol. The number of methoxy groups -OCH3 is 1. The van der Waals surface area contributed by atoms with Crippen LogP contribution in [-0.4, -0.2) is 25.6 Å². The van der Waals surface area contributed by atoms with Crippen molar-refractivity contribution in [2.45, 2.75) is 6.42 Å². The summed E-state index contributed by atoms with van der Waals surface area (Å²) in [5.74, 6) is 1.64. The number of hydrogen-bond donors (Lipinski definition) is 1. The topological polar surface area (TPSA) is 67.9 Å². The highest BCUT2D eigenvalue weighted by Crippen LogP contribution is 2.41. The van der Waals surface area contributed by atoms with E-state index in [1.165, 1.54) is 5.56 Å². The van der Waals surface area contributed by atoms with Crippen LogP contribution < -0.4 is 19.7 Å². The molecule has 158 valence electrons. The second-order valence-electron chi connectivity index (χ2n) is 6.86. The van der Waals surface area contributed by atoms with Gasteiger partial charge in [0.2, 0.25) is 0 Å². The average Bonchev–Trinajstić information content (AvgIpc) is 3.09. The van der Waals surface area contributed by atoms with Gasteiger partial charge in [-0.1, -0.05) is 30.3 Å². The highest BCUT2D eigenvalue weighted by atomic mass is 79.9. The molecule has 0 bridgehead atoms. The first kappa shape index (κ1) is 21.4. The van der Waals surface area contributed by atoms with Crippen molar-refractivity contribution in [2.24, 2.45) is 0 Å². The van der Waals surface area contributed by atoms with Crippen molar-refractivity contribution in [3.63, 3.8) is 0 Å². The van der Waals surface area contributed by atoms with E-state index in [9.17, 15) is 9.59 Å². The van der Waals surface area contributed by atoms with Crippen LogP contribution in [0, 0.1) is 0 Å². The largest absolute Gasteiger partial charge is 0.496 e. The number of hydrogen-bond acceptors (Lipinski definition) is 4.